The predicted octanol–water partition coefficient (Wildman–Crippen LogP) is 4.44. The number of carbonyl (C=O) groups excluding carboxylic acids is 2. The average Bonchev–Trinajstić information content (AvgIpc) is 2.86. The van der Waals surface area contributed by atoms with E-state index in [4.69, 9.17) is 4.74 Å². The first-order valence-electron chi connectivity index (χ1n) is 13.1. The number of methoxy groups -OCH3 is 1. The molecule has 0 bridgehead atoms. The van der Waals surface area contributed by atoms with E-state index in [2.05, 4.69) is 5.32 Å². The van der Waals surface area contributed by atoms with E-state index in [9.17, 15) is 18.0 Å². The summed E-state index contributed by atoms with van der Waals surface area (Å²) in [6, 6.07) is 12.5. The Labute approximate surface area is 228 Å². The minimum absolute atomic E-state index is 0.112. The van der Waals surface area contributed by atoms with Crippen molar-refractivity contribution in [3.05, 3.63) is 59.2 Å². The molecule has 0 fully saturated rings. The smallest absolute Gasteiger partial charge is 0.242 e. The van der Waals surface area contributed by atoms with Gasteiger partial charge in [-0.3, -0.25) is 13.9 Å². The number of aryl methyl sites for hydroxylation is 2. The summed E-state index contributed by atoms with van der Waals surface area (Å²) < 4.78 is 31.9. The molecule has 0 radical (unpaired) electrons. The minimum atomic E-state index is -3.55. The van der Waals surface area contributed by atoms with Crippen LogP contribution in [0.2, 0.25) is 0 Å². The summed E-state index contributed by atoms with van der Waals surface area (Å²) >= 11 is 0. The highest BCUT2D eigenvalue weighted by atomic mass is 32.2. The van der Waals surface area contributed by atoms with Crippen molar-refractivity contribution in [1.82, 2.24) is 10.2 Å². The number of hydrogen-bond donors (Lipinski definition) is 1. The number of carbonyl (C=O) groups is 2. The summed E-state index contributed by atoms with van der Waals surface area (Å²) in [5.74, 6) is 0.618. The van der Waals surface area contributed by atoms with Crippen molar-refractivity contribution in [3.63, 3.8) is 0 Å². The van der Waals surface area contributed by atoms with Crippen LogP contribution in [0.15, 0.2) is 42.5 Å². The second-order valence-corrected chi connectivity index (χ2v) is 12.1. The van der Waals surface area contributed by atoms with Gasteiger partial charge in [-0.15, -0.1) is 0 Å². The number of benzene rings is 2. The van der Waals surface area contributed by atoms with E-state index < -0.39 is 16.1 Å². The molecule has 210 valence electrons. The molecular formula is C29H43N3O5S. The minimum Gasteiger partial charge on any atom is -0.497 e. The molecule has 0 saturated heterocycles. The van der Waals surface area contributed by atoms with Gasteiger partial charge in [-0.25, -0.2) is 8.42 Å². The van der Waals surface area contributed by atoms with Gasteiger partial charge in [0.05, 0.1) is 19.1 Å². The highest BCUT2D eigenvalue weighted by Crippen LogP contribution is 2.25. The van der Waals surface area contributed by atoms with Crippen molar-refractivity contribution >= 4 is 27.5 Å². The molecule has 2 aromatic rings. The van der Waals surface area contributed by atoms with Crippen LogP contribution in [0.1, 0.15) is 56.7 Å². The molecule has 2 amide bonds. The standard InChI is InChI=1S/C29H43N3O5S/c1-8-26(29(34)30-19-21(2)3)31(20-24-13-15-25(37-6)16-14-24)28(33)10-9-17-32(38(7,35)36)27-18-22(4)11-12-23(27)5/h11-16,18,21,26H,8-10,17,19-20H2,1-7H3,(H,30,34)/t26-/m1/s1. The summed E-state index contributed by atoms with van der Waals surface area (Å²) in [7, 11) is -1.96. The molecule has 0 aliphatic carbocycles. The molecule has 2 aromatic carbocycles. The first-order valence-corrected chi connectivity index (χ1v) is 15.0. The van der Waals surface area contributed by atoms with Gasteiger partial charge in [0.15, 0.2) is 0 Å². The third kappa shape index (κ3) is 9.04. The van der Waals surface area contributed by atoms with Gasteiger partial charge in [0.1, 0.15) is 11.8 Å². The SMILES string of the molecule is CC[C@H](C(=O)NCC(C)C)N(Cc1ccc(OC)cc1)C(=O)CCCN(c1cc(C)ccc1C)S(C)(=O)=O. The van der Waals surface area contributed by atoms with Crippen LogP contribution in [0.3, 0.4) is 0 Å². The maximum atomic E-state index is 13.6. The number of anilines is 1. The summed E-state index contributed by atoms with van der Waals surface area (Å²) in [5, 5.41) is 2.96. The molecule has 9 heteroatoms. The van der Waals surface area contributed by atoms with Gasteiger partial charge in [0.25, 0.3) is 0 Å². The van der Waals surface area contributed by atoms with Crippen LogP contribution >= 0.6 is 0 Å². The first kappa shape index (κ1) is 31.1. The Bertz CT molecular complexity index is 1180. The van der Waals surface area contributed by atoms with Crippen molar-refractivity contribution in [1.29, 1.82) is 0 Å². The zero-order chi connectivity index (χ0) is 28.5. The van der Waals surface area contributed by atoms with Crippen LogP contribution < -0.4 is 14.4 Å². The molecule has 0 unspecified atom stereocenters. The summed E-state index contributed by atoms with van der Waals surface area (Å²) in [6.45, 7) is 10.7. The number of hydrogen-bond acceptors (Lipinski definition) is 5. The van der Waals surface area contributed by atoms with E-state index in [1.165, 1.54) is 10.6 Å². The fraction of sp³-hybridized carbons (Fsp3) is 0.517. The highest BCUT2D eigenvalue weighted by Gasteiger charge is 2.29. The lowest BCUT2D eigenvalue weighted by molar-refractivity contribution is -0.141. The lowest BCUT2D eigenvalue weighted by atomic mass is 10.1. The van der Waals surface area contributed by atoms with Crippen LogP contribution in [0.25, 0.3) is 0 Å². The number of sulfonamides is 1. The fourth-order valence-electron chi connectivity index (χ4n) is 4.24. The van der Waals surface area contributed by atoms with E-state index in [0.29, 0.717) is 30.8 Å². The second kappa shape index (κ2) is 14.2. The van der Waals surface area contributed by atoms with E-state index in [1.807, 2.05) is 77.1 Å². The molecule has 0 aromatic heterocycles. The monoisotopic (exact) mass is 545 g/mol. The molecule has 2 rings (SSSR count). The lowest BCUT2D eigenvalue weighted by Crippen LogP contribution is -2.49. The average molecular weight is 546 g/mol. The van der Waals surface area contributed by atoms with Crippen molar-refractivity contribution in [2.45, 2.75) is 66.5 Å². The molecule has 0 heterocycles. The van der Waals surface area contributed by atoms with Crippen LogP contribution in [0, 0.1) is 19.8 Å². The van der Waals surface area contributed by atoms with Gasteiger partial charge in [0, 0.05) is 26.1 Å². The molecule has 0 aliphatic heterocycles. The number of nitrogens with zero attached hydrogens (tertiary/aromatic N) is 2. The number of rotatable bonds is 14. The molecule has 0 saturated carbocycles. The zero-order valence-corrected chi connectivity index (χ0v) is 24.6. The Kier molecular flexibility index (Phi) is 11.6. The third-order valence-corrected chi connectivity index (χ3v) is 7.55. The van der Waals surface area contributed by atoms with Crippen LogP contribution in [-0.2, 0) is 26.2 Å². The summed E-state index contributed by atoms with van der Waals surface area (Å²) in [5.41, 5.74) is 3.30. The summed E-state index contributed by atoms with van der Waals surface area (Å²) in [6.07, 6.45) is 2.08. The maximum Gasteiger partial charge on any atom is 0.242 e. The third-order valence-electron chi connectivity index (χ3n) is 6.37. The maximum absolute atomic E-state index is 13.6. The fourth-order valence-corrected chi connectivity index (χ4v) is 5.25. The first-order chi connectivity index (χ1) is 17.9. The molecular weight excluding hydrogens is 502 g/mol. The number of ether oxygens (including phenoxy) is 1. The highest BCUT2D eigenvalue weighted by molar-refractivity contribution is 7.92. The molecule has 0 spiro atoms. The van der Waals surface area contributed by atoms with Crippen LogP contribution in [-0.4, -0.2) is 57.6 Å². The predicted molar refractivity (Wildman–Crippen MR) is 153 cm³/mol. The molecule has 38 heavy (non-hydrogen) atoms. The second-order valence-electron chi connectivity index (χ2n) is 10.2. The molecule has 0 aliphatic rings. The van der Waals surface area contributed by atoms with Crippen molar-refractivity contribution in [2.24, 2.45) is 5.92 Å². The van der Waals surface area contributed by atoms with Gasteiger partial charge in [-0.2, -0.15) is 0 Å². The quantitative estimate of drug-likeness (QED) is 0.379. The van der Waals surface area contributed by atoms with Gasteiger partial charge in [-0.05, 0) is 67.5 Å². The zero-order valence-electron chi connectivity index (χ0n) is 23.8. The molecule has 1 N–H and O–H groups in total. The van der Waals surface area contributed by atoms with Crippen molar-refractivity contribution in [3.8, 4) is 5.75 Å². The van der Waals surface area contributed by atoms with Gasteiger partial charge < -0.3 is 15.0 Å². The topological polar surface area (TPSA) is 96.0 Å². The van der Waals surface area contributed by atoms with E-state index in [1.54, 1.807) is 12.0 Å². The lowest BCUT2D eigenvalue weighted by Gasteiger charge is -2.31. The van der Waals surface area contributed by atoms with Gasteiger partial charge >= 0.3 is 0 Å². The van der Waals surface area contributed by atoms with E-state index in [0.717, 1.165) is 16.7 Å². The van der Waals surface area contributed by atoms with Crippen molar-refractivity contribution < 1.29 is 22.7 Å². The Morgan fingerprint density at radius 1 is 1.05 bits per heavy atom. The largest absolute Gasteiger partial charge is 0.497 e. The Morgan fingerprint density at radius 2 is 1.71 bits per heavy atom. The van der Waals surface area contributed by atoms with Crippen molar-refractivity contribution in [2.75, 3.05) is 30.8 Å². The van der Waals surface area contributed by atoms with Gasteiger partial charge in [-0.1, -0.05) is 45.0 Å². The Balaban J connectivity index is 2.25. The normalized spacial score (nSPS) is 12.2. The number of amides is 2. The molecule has 1 atom stereocenters. The van der Waals surface area contributed by atoms with E-state index in [-0.39, 0.29) is 37.2 Å². The van der Waals surface area contributed by atoms with Crippen LogP contribution in [0.4, 0.5) is 5.69 Å². The van der Waals surface area contributed by atoms with Crippen LogP contribution in [0.5, 0.6) is 5.75 Å². The van der Waals surface area contributed by atoms with E-state index >= 15 is 0 Å². The van der Waals surface area contributed by atoms with Gasteiger partial charge in [0.2, 0.25) is 21.8 Å². The summed E-state index contributed by atoms with van der Waals surface area (Å²) in [4.78, 5) is 28.2. The Morgan fingerprint density at radius 3 is 2.26 bits per heavy atom. The number of nitrogens with one attached hydrogen (secondary N) is 1. The Hall–Kier alpha value is -3.07. The molecule has 8 nitrogen and oxygen atoms in total.